The van der Waals surface area contributed by atoms with Crippen LogP contribution in [0.15, 0.2) is 40.4 Å². The normalized spacial score (nSPS) is 15.2. The molecule has 126 valence electrons. The van der Waals surface area contributed by atoms with Crippen molar-refractivity contribution in [2.45, 2.75) is 6.42 Å². The predicted molar refractivity (Wildman–Crippen MR) is 92.7 cm³/mol. The maximum Gasteiger partial charge on any atom is 0.353 e. The first-order valence-corrected chi connectivity index (χ1v) is 7.70. The summed E-state index contributed by atoms with van der Waals surface area (Å²) >= 11 is 0. The molecule has 1 aromatic heterocycles. The van der Waals surface area contributed by atoms with Crippen molar-refractivity contribution in [2.75, 3.05) is 18.8 Å². The summed E-state index contributed by atoms with van der Waals surface area (Å²) in [6.07, 6.45) is 4.12. The van der Waals surface area contributed by atoms with E-state index in [1.807, 2.05) is 4.90 Å². The summed E-state index contributed by atoms with van der Waals surface area (Å²) in [6.45, 7) is 1.62. The Labute approximate surface area is 142 Å². The average molecular weight is 338 g/mol. The summed E-state index contributed by atoms with van der Waals surface area (Å²) in [5, 5.41) is 11.2. The van der Waals surface area contributed by atoms with Gasteiger partial charge in [-0.3, -0.25) is 15.1 Å². The van der Waals surface area contributed by atoms with Crippen LogP contribution >= 0.6 is 0 Å². The van der Waals surface area contributed by atoms with Crippen LogP contribution in [0.4, 0.5) is 17.2 Å². The number of amidine groups is 1. The number of aliphatic imine (C=N–C) groups is 2. The number of anilines is 1. The minimum absolute atomic E-state index is 0.0409. The van der Waals surface area contributed by atoms with Crippen molar-refractivity contribution in [1.29, 1.82) is 0 Å². The van der Waals surface area contributed by atoms with Gasteiger partial charge < -0.3 is 15.4 Å². The number of aromatic nitrogens is 1. The van der Waals surface area contributed by atoms with E-state index in [-0.39, 0.29) is 17.3 Å². The highest BCUT2D eigenvalue weighted by Crippen LogP contribution is 2.36. The second-order valence-corrected chi connectivity index (χ2v) is 5.58. The molecule has 0 spiro atoms. The summed E-state index contributed by atoms with van der Waals surface area (Å²) in [5.74, 6) is 1.13. The number of pyridine rings is 1. The van der Waals surface area contributed by atoms with E-state index in [0.29, 0.717) is 5.75 Å². The lowest BCUT2D eigenvalue weighted by atomic mass is 10.1. The molecule has 2 aliphatic rings. The molecule has 0 saturated heterocycles. The number of hydrogen-bond acceptors (Lipinski definition) is 8. The highest BCUT2D eigenvalue weighted by molar-refractivity contribution is 6.11. The minimum Gasteiger partial charge on any atom is -0.450 e. The third-order valence-electron chi connectivity index (χ3n) is 3.96. The molecule has 25 heavy (non-hydrogen) atoms. The monoisotopic (exact) mass is 338 g/mol. The highest BCUT2D eigenvalue weighted by Gasteiger charge is 2.24. The molecule has 3 heterocycles. The zero-order valence-electron chi connectivity index (χ0n) is 13.1. The van der Waals surface area contributed by atoms with Gasteiger partial charge >= 0.3 is 5.69 Å². The maximum atomic E-state index is 11.2. The van der Waals surface area contributed by atoms with Gasteiger partial charge in [0.15, 0.2) is 0 Å². The van der Waals surface area contributed by atoms with Crippen molar-refractivity contribution < 1.29 is 9.66 Å². The molecule has 4 rings (SSSR count). The standard InChI is InChI=1S/C16H14N6O3/c17-15-14(22(23)24)13(4-6-18-15)25-10-2-3-12-11(8-10)16-19-5-1-7-21(16)9-20-12/h2-4,6,8-9H,1,5,7H2,(H2,17,18). The molecular weight excluding hydrogens is 324 g/mol. The van der Waals surface area contributed by atoms with Crippen molar-refractivity contribution in [2.24, 2.45) is 9.98 Å². The molecule has 2 N–H and O–H groups in total. The van der Waals surface area contributed by atoms with Gasteiger partial charge in [0.2, 0.25) is 11.6 Å². The molecule has 0 radical (unpaired) electrons. The predicted octanol–water partition coefficient (Wildman–Crippen LogP) is 2.49. The molecular formula is C16H14N6O3. The summed E-state index contributed by atoms with van der Waals surface area (Å²) in [7, 11) is 0. The molecule has 0 atom stereocenters. The zero-order chi connectivity index (χ0) is 17.4. The Balaban J connectivity index is 1.73. The Morgan fingerprint density at radius 1 is 1.32 bits per heavy atom. The van der Waals surface area contributed by atoms with Crippen LogP contribution in [0.1, 0.15) is 12.0 Å². The van der Waals surface area contributed by atoms with E-state index in [9.17, 15) is 10.1 Å². The van der Waals surface area contributed by atoms with E-state index in [0.717, 1.165) is 36.6 Å². The second-order valence-electron chi connectivity index (χ2n) is 5.58. The number of benzene rings is 1. The summed E-state index contributed by atoms with van der Waals surface area (Å²) in [4.78, 5) is 25.3. The number of rotatable bonds is 3. The molecule has 2 aliphatic heterocycles. The number of nitrogen functional groups attached to an aromatic ring is 1. The molecule has 0 unspecified atom stereocenters. The van der Waals surface area contributed by atoms with Gasteiger partial charge in [-0.15, -0.1) is 0 Å². The minimum atomic E-state index is -0.604. The molecule has 9 nitrogen and oxygen atoms in total. The first kappa shape index (κ1) is 15.1. The third-order valence-corrected chi connectivity index (χ3v) is 3.96. The third kappa shape index (κ3) is 2.65. The molecule has 0 aliphatic carbocycles. The van der Waals surface area contributed by atoms with Crippen molar-refractivity contribution in [1.82, 2.24) is 9.88 Å². The van der Waals surface area contributed by atoms with Crippen LogP contribution in [0.3, 0.4) is 0 Å². The quantitative estimate of drug-likeness (QED) is 0.678. The van der Waals surface area contributed by atoms with E-state index >= 15 is 0 Å². The zero-order valence-corrected chi connectivity index (χ0v) is 13.1. The topological polar surface area (TPSA) is 119 Å². The van der Waals surface area contributed by atoms with E-state index < -0.39 is 4.92 Å². The summed E-state index contributed by atoms with van der Waals surface area (Å²) in [6, 6.07) is 6.70. The molecule has 9 heteroatoms. The number of nitrogens with two attached hydrogens (primary N) is 1. The maximum absolute atomic E-state index is 11.2. The largest absolute Gasteiger partial charge is 0.450 e. The van der Waals surface area contributed by atoms with Gasteiger partial charge in [-0.05, 0) is 24.6 Å². The first-order valence-electron chi connectivity index (χ1n) is 7.70. The molecule has 0 saturated carbocycles. The van der Waals surface area contributed by atoms with Crippen molar-refractivity contribution in [3.63, 3.8) is 0 Å². The van der Waals surface area contributed by atoms with Crippen LogP contribution in [0, 0.1) is 10.1 Å². The Morgan fingerprint density at radius 2 is 2.20 bits per heavy atom. The van der Waals surface area contributed by atoms with Gasteiger partial charge in [0.1, 0.15) is 11.6 Å². The SMILES string of the molecule is Nc1nccc(Oc2ccc3c(c2)C2=NCCCN2C=N3)c1[N+](=O)[O-]. The number of nitro groups is 1. The van der Waals surface area contributed by atoms with Gasteiger partial charge in [-0.2, -0.15) is 0 Å². The van der Waals surface area contributed by atoms with E-state index in [4.69, 9.17) is 10.5 Å². The molecule has 0 fully saturated rings. The summed E-state index contributed by atoms with van der Waals surface area (Å²) in [5.41, 5.74) is 6.87. The van der Waals surface area contributed by atoms with Gasteiger partial charge in [-0.1, -0.05) is 0 Å². The van der Waals surface area contributed by atoms with Crippen molar-refractivity contribution in [3.05, 3.63) is 46.1 Å². The fourth-order valence-corrected chi connectivity index (χ4v) is 2.82. The van der Waals surface area contributed by atoms with Gasteiger partial charge in [0, 0.05) is 30.9 Å². The number of fused-ring (bicyclic) bond motifs is 3. The molecule has 1 aromatic carbocycles. The lowest BCUT2D eigenvalue weighted by Gasteiger charge is -2.29. The van der Waals surface area contributed by atoms with E-state index in [2.05, 4.69) is 15.0 Å². The van der Waals surface area contributed by atoms with Gasteiger partial charge in [-0.25, -0.2) is 9.98 Å². The van der Waals surface area contributed by atoms with E-state index in [1.54, 1.807) is 24.5 Å². The van der Waals surface area contributed by atoms with Crippen molar-refractivity contribution >= 4 is 29.4 Å². The van der Waals surface area contributed by atoms with Crippen LogP contribution in [0.25, 0.3) is 0 Å². The second kappa shape index (κ2) is 5.86. The van der Waals surface area contributed by atoms with Crippen LogP contribution in [-0.2, 0) is 0 Å². The Kier molecular flexibility index (Phi) is 3.53. The number of nitrogens with zero attached hydrogens (tertiary/aromatic N) is 5. The van der Waals surface area contributed by atoms with E-state index in [1.165, 1.54) is 12.3 Å². The van der Waals surface area contributed by atoms with Crippen LogP contribution in [-0.4, -0.2) is 40.1 Å². The Morgan fingerprint density at radius 3 is 3.04 bits per heavy atom. The highest BCUT2D eigenvalue weighted by atomic mass is 16.6. The fourth-order valence-electron chi connectivity index (χ4n) is 2.82. The smallest absolute Gasteiger partial charge is 0.353 e. The van der Waals surface area contributed by atoms with Gasteiger partial charge in [0.25, 0.3) is 0 Å². The molecule has 0 bridgehead atoms. The summed E-state index contributed by atoms with van der Waals surface area (Å²) < 4.78 is 5.71. The molecule has 0 amide bonds. The van der Waals surface area contributed by atoms with Crippen LogP contribution in [0.2, 0.25) is 0 Å². The van der Waals surface area contributed by atoms with Crippen LogP contribution in [0.5, 0.6) is 11.5 Å². The lowest BCUT2D eigenvalue weighted by Crippen LogP contribution is -2.36. The lowest BCUT2D eigenvalue weighted by molar-refractivity contribution is -0.384. The number of hydrogen-bond donors (Lipinski definition) is 1. The molecule has 2 aromatic rings. The van der Waals surface area contributed by atoms with Crippen LogP contribution < -0.4 is 10.5 Å². The fraction of sp³-hybridized carbons (Fsp3) is 0.188. The van der Waals surface area contributed by atoms with Gasteiger partial charge in [0.05, 0.1) is 16.9 Å². The first-order chi connectivity index (χ1) is 12.1. The average Bonchev–Trinajstić information content (AvgIpc) is 2.61. The Bertz CT molecular complexity index is 924. The van der Waals surface area contributed by atoms with Crippen molar-refractivity contribution in [3.8, 4) is 11.5 Å². The number of ether oxygens (including phenoxy) is 1. The Hall–Kier alpha value is -3.49.